The molecule has 0 spiro atoms. The summed E-state index contributed by atoms with van der Waals surface area (Å²) in [5, 5.41) is 20.1. The average molecular weight is 667 g/mol. The number of carbonyl (C=O) groups excluding carboxylic acids is 2. The van der Waals surface area contributed by atoms with Crippen molar-refractivity contribution < 1.29 is 51.7 Å². The molecule has 0 amide bonds. The van der Waals surface area contributed by atoms with E-state index in [9.17, 15) is 19.8 Å². The summed E-state index contributed by atoms with van der Waals surface area (Å²) in [7, 11) is -6.77. The van der Waals surface area contributed by atoms with Crippen LogP contribution >= 0.6 is 0 Å². The highest BCUT2D eigenvalue weighted by Crippen LogP contribution is 2.33. The van der Waals surface area contributed by atoms with Crippen molar-refractivity contribution in [2.45, 2.75) is 110 Å². The Morgan fingerprint density at radius 2 is 1.16 bits per heavy atom. The van der Waals surface area contributed by atoms with Crippen LogP contribution in [-0.2, 0) is 41.5 Å². The van der Waals surface area contributed by atoms with Gasteiger partial charge in [-0.05, 0) is 85.5 Å². The zero-order chi connectivity index (χ0) is 33.5. The van der Waals surface area contributed by atoms with Crippen LogP contribution in [0.5, 0.6) is 0 Å². The van der Waals surface area contributed by atoms with E-state index >= 15 is 0 Å². The van der Waals surface area contributed by atoms with E-state index in [0.717, 1.165) is 0 Å². The summed E-state index contributed by atoms with van der Waals surface area (Å²) >= 11 is 0. The SMILES string of the molecule is C=C(C)C(=O)OCC(O)COCCCC(C)(O[Si](C)(C)C)O[Si](C)(CCCOCC(O)COC(=O)C(=C)C)O[Si](C)(C)C. The zero-order valence-electron chi connectivity index (χ0n) is 28.2. The lowest BCUT2D eigenvalue weighted by Crippen LogP contribution is -2.55. The highest BCUT2D eigenvalue weighted by molar-refractivity contribution is 6.82. The van der Waals surface area contributed by atoms with E-state index in [-0.39, 0.29) is 37.6 Å². The van der Waals surface area contributed by atoms with Gasteiger partial charge < -0.3 is 42.1 Å². The molecule has 0 aliphatic rings. The molecule has 4 atom stereocenters. The molecule has 0 rings (SSSR count). The molecule has 4 unspecified atom stereocenters. The fourth-order valence-electron chi connectivity index (χ4n) is 4.11. The summed E-state index contributed by atoms with van der Waals surface area (Å²) < 4.78 is 41.3. The highest BCUT2D eigenvalue weighted by Gasteiger charge is 2.44. The van der Waals surface area contributed by atoms with Crippen LogP contribution in [0.2, 0.25) is 51.9 Å². The minimum Gasteiger partial charge on any atom is -0.460 e. The van der Waals surface area contributed by atoms with Gasteiger partial charge in [0.15, 0.2) is 16.6 Å². The molecule has 43 heavy (non-hydrogen) atoms. The van der Waals surface area contributed by atoms with Gasteiger partial charge in [-0.25, -0.2) is 9.59 Å². The first kappa shape index (κ1) is 41.8. The molecule has 0 aromatic heterocycles. The molecule has 0 saturated carbocycles. The fraction of sp³-hybridized carbons (Fsp3) is 0.793. The molecule has 0 bridgehead atoms. The van der Waals surface area contributed by atoms with Gasteiger partial charge in [-0.15, -0.1) is 0 Å². The smallest absolute Gasteiger partial charge is 0.333 e. The normalized spacial score (nSPS) is 16.5. The van der Waals surface area contributed by atoms with E-state index in [1.165, 1.54) is 0 Å². The Kier molecular flexibility index (Phi) is 18.8. The Morgan fingerprint density at radius 1 is 0.721 bits per heavy atom. The van der Waals surface area contributed by atoms with Crippen molar-refractivity contribution >= 4 is 37.1 Å². The highest BCUT2D eigenvalue weighted by atomic mass is 28.4. The lowest BCUT2D eigenvalue weighted by atomic mass is 10.2. The van der Waals surface area contributed by atoms with E-state index in [1.54, 1.807) is 13.8 Å². The number of aliphatic hydroxyl groups is 2. The second-order valence-corrected chi connectivity index (χ2v) is 25.7. The Labute approximate surface area is 262 Å². The number of carbonyl (C=O) groups is 2. The van der Waals surface area contributed by atoms with Gasteiger partial charge in [0, 0.05) is 30.8 Å². The number of aliphatic hydroxyl groups excluding tert-OH is 2. The van der Waals surface area contributed by atoms with Crippen molar-refractivity contribution in [2.75, 3.05) is 39.6 Å². The van der Waals surface area contributed by atoms with E-state index in [1.807, 2.05) is 6.92 Å². The maximum atomic E-state index is 11.5. The van der Waals surface area contributed by atoms with Crippen molar-refractivity contribution in [3.8, 4) is 0 Å². The number of hydrogen-bond acceptors (Lipinski definition) is 11. The summed E-state index contributed by atoms with van der Waals surface area (Å²) in [5.41, 5.74) is 0.545. The third-order valence-electron chi connectivity index (χ3n) is 5.45. The molecule has 252 valence electrons. The molecule has 0 aromatic carbocycles. The molecule has 11 nitrogen and oxygen atoms in total. The van der Waals surface area contributed by atoms with E-state index in [4.69, 9.17) is 31.9 Å². The summed E-state index contributed by atoms with van der Waals surface area (Å²) in [5.74, 6) is -1.99. The summed E-state index contributed by atoms with van der Waals surface area (Å²) in [6.45, 7) is 27.4. The van der Waals surface area contributed by atoms with Crippen LogP contribution in [0.1, 0.15) is 40.0 Å². The summed E-state index contributed by atoms with van der Waals surface area (Å²) in [6.07, 6.45) is -0.0235. The van der Waals surface area contributed by atoms with Gasteiger partial charge in [0.05, 0.1) is 13.2 Å². The van der Waals surface area contributed by atoms with Crippen LogP contribution in [-0.4, -0.2) is 105 Å². The molecular formula is C29H58O11Si3. The predicted molar refractivity (Wildman–Crippen MR) is 174 cm³/mol. The lowest BCUT2D eigenvalue weighted by molar-refractivity contribution is -0.144. The number of esters is 2. The third kappa shape index (κ3) is 22.0. The van der Waals surface area contributed by atoms with Crippen molar-refractivity contribution in [1.82, 2.24) is 0 Å². The molecular weight excluding hydrogens is 609 g/mol. The number of hydrogen-bond donors (Lipinski definition) is 2. The molecule has 0 heterocycles. The second kappa shape index (κ2) is 19.3. The first-order valence-corrected chi connectivity index (χ1v) is 24.2. The standard InChI is InChI=1S/C29H58O11Si3/c1-23(2)27(32)36-21-25(30)19-34-16-13-15-29(5,38-41(6,7)8)39-43(12,40-42(9,10)11)18-14-17-35-20-26(31)22-37-28(33)24(3)4/h25-26,30-31H,1,3,13-22H2,2,4-12H3. The number of ether oxygens (including phenoxy) is 4. The lowest BCUT2D eigenvalue weighted by Gasteiger charge is -2.44. The van der Waals surface area contributed by atoms with E-state index < -0.39 is 55.1 Å². The summed E-state index contributed by atoms with van der Waals surface area (Å²) in [4.78, 5) is 23.0. The van der Waals surface area contributed by atoms with Gasteiger partial charge in [0.25, 0.3) is 0 Å². The van der Waals surface area contributed by atoms with Crippen molar-refractivity contribution in [3.63, 3.8) is 0 Å². The summed E-state index contributed by atoms with van der Waals surface area (Å²) in [6, 6.07) is 0.661. The van der Waals surface area contributed by atoms with Crippen LogP contribution in [0, 0.1) is 0 Å². The minimum absolute atomic E-state index is 0.0339. The van der Waals surface area contributed by atoms with Gasteiger partial charge in [0.2, 0.25) is 0 Å². The Bertz CT molecular complexity index is 818. The van der Waals surface area contributed by atoms with Gasteiger partial charge >= 0.3 is 20.5 Å². The van der Waals surface area contributed by atoms with E-state index in [2.05, 4.69) is 59.0 Å². The van der Waals surface area contributed by atoms with Gasteiger partial charge in [0.1, 0.15) is 31.2 Å². The maximum Gasteiger partial charge on any atom is 0.333 e. The molecule has 0 aromatic rings. The van der Waals surface area contributed by atoms with E-state index in [0.29, 0.717) is 38.5 Å². The minimum atomic E-state index is -2.76. The zero-order valence-corrected chi connectivity index (χ0v) is 31.2. The van der Waals surface area contributed by atoms with Crippen LogP contribution in [0.4, 0.5) is 0 Å². The van der Waals surface area contributed by atoms with Crippen LogP contribution in [0.25, 0.3) is 0 Å². The quantitative estimate of drug-likeness (QED) is 0.0489. The molecule has 0 radical (unpaired) electrons. The predicted octanol–water partition coefficient (Wildman–Crippen LogP) is 4.66. The monoisotopic (exact) mass is 666 g/mol. The van der Waals surface area contributed by atoms with Gasteiger partial charge in [-0.2, -0.15) is 0 Å². The first-order valence-electron chi connectivity index (χ1n) is 14.8. The Hall–Kier alpha value is -1.21. The molecule has 2 N–H and O–H groups in total. The third-order valence-corrected chi connectivity index (χ3v) is 12.8. The van der Waals surface area contributed by atoms with Crippen molar-refractivity contribution in [3.05, 3.63) is 24.3 Å². The van der Waals surface area contributed by atoms with Crippen LogP contribution in [0.3, 0.4) is 0 Å². The molecule has 0 fully saturated rings. The molecule has 0 saturated heterocycles. The molecule has 0 aliphatic carbocycles. The van der Waals surface area contributed by atoms with Crippen molar-refractivity contribution in [2.24, 2.45) is 0 Å². The Balaban J connectivity index is 5.09. The average Bonchev–Trinajstić information content (AvgIpc) is 2.82. The Morgan fingerprint density at radius 3 is 1.56 bits per heavy atom. The maximum absolute atomic E-state index is 11.5. The number of rotatable bonds is 24. The van der Waals surface area contributed by atoms with Gasteiger partial charge in [-0.3, -0.25) is 0 Å². The second-order valence-electron chi connectivity index (χ2n) is 13.2. The van der Waals surface area contributed by atoms with Crippen LogP contribution in [0.15, 0.2) is 24.3 Å². The van der Waals surface area contributed by atoms with Crippen molar-refractivity contribution in [1.29, 1.82) is 0 Å². The van der Waals surface area contributed by atoms with Gasteiger partial charge in [-0.1, -0.05) is 13.2 Å². The van der Waals surface area contributed by atoms with Crippen LogP contribution < -0.4 is 0 Å². The largest absolute Gasteiger partial charge is 0.460 e. The molecule has 14 heteroatoms. The first-order chi connectivity index (χ1) is 19.6. The molecule has 0 aliphatic heterocycles. The topological polar surface area (TPSA) is 139 Å². The fourth-order valence-corrected chi connectivity index (χ4v) is 13.3.